The van der Waals surface area contributed by atoms with E-state index in [1.54, 1.807) is 6.20 Å². The van der Waals surface area contributed by atoms with Crippen molar-refractivity contribution in [2.24, 2.45) is 0 Å². The van der Waals surface area contributed by atoms with Crippen LogP contribution in [0.5, 0.6) is 0 Å². The highest BCUT2D eigenvalue weighted by atomic mass is 35.5. The van der Waals surface area contributed by atoms with Crippen LogP contribution in [0.1, 0.15) is 11.1 Å². The van der Waals surface area contributed by atoms with Gasteiger partial charge in [0.15, 0.2) is 0 Å². The molecule has 0 amide bonds. The molecular weight excluding hydrogens is 431 g/mol. The zero-order valence-corrected chi connectivity index (χ0v) is 19.4. The largest absolute Gasteiger partial charge is 0.256 e. The van der Waals surface area contributed by atoms with Crippen molar-refractivity contribution in [2.75, 3.05) is 6.38 Å². The molecule has 0 aliphatic heterocycles. The number of alkyl halides is 2. The van der Waals surface area contributed by atoms with Crippen molar-refractivity contribution in [1.29, 1.82) is 0 Å². The summed E-state index contributed by atoms with van der Waals surface area (Å²) in [6.45, 7) is 1.68. The van der Waals surface area contributed by atoms with Crippen molar-refractivity contribution < 1.29 is 4.39 Å². The zero-order chi connectivity index (χ0) is 23.2. The molecular formula is C29H24ClFN2. The summed E-state index contributed by atoms with van der Waals surface area (Å²) in [5.74, 6) is 0. The summed E-state index contributed by atoms with van der Waals surface area (Å²) < 4.78 is 13.0. The summed E-state index contributed by atoms with van der Waals surface area (Å²) in [6, 6.07) is 28.3. The summed E-state index contributed by atoms with van der Waals surface area (Å²) in [6.07, 6.45) is 5.07. The first-order chi connectivity index (χ1) is 16.3. The van der Waals surface area contributed by atoms with E-state index in [-0.39, 0.29) is 0 Å². The van der Waals surface area contributed by atoms with Crippen molar-refractivity contribution in [3.8, 4) is 0 Å². The van der Waals surface area contributed by atoms with E-state index >= 15 is 0 Å². The Morgan fingerprint density at radius 2 is 1.09 bits per heavy atom. The van der Waals surface area contributed by atoms with Crippen molar-refractivity contribution in [3.05, 3.63) is 108 Å². The Bertz CT molecular complexity index is 1550. The molecule has 4 heteroatoms. The first-order valence-electron chi connectivity index (χ1n) is 10.7. The van der Waals surface area contributed by atoms with E-state index in [0.29, 0.717) is 5.56 Å². The summed E-state index contributed by atoms with van der Waals surface area (Å²) in [7, 11) is 0. The standard InChI is InChI=1S/C14H10FN.C14H11N.CH3Cl/c15-9-12-4-1-3-10-6-7-11-5-2-8-16-14(11)13(10)12;1-10-4-2-5-11-7-8-12-6-3-9-15-14(12)13(10)11;1-2/h1-8H,9H2;2-9H,1H3;1H3. The molecule has 2 heterocycles. The normalized spacial score (nSPS) is 10.5. The van der Waals surface area contributed by atoms with Gasteiger partial charge in [-0.1, -0.05) is 72.8 Å². The van der Waals surface area contributed by atoms with Crippen LogP contribution in [0.4, 0.5) is 4.39 Å². The maximum Gasteiger partial charge on any atom is 0.115 e. The Labute approximate surface area is 197 Å². The molecule has 4 aromatic carbocycles. The smallest absolute Gasteiger partial charge is 0.115 e. The third-order valence-electron chi connectivity index (χ3n) is 5.67. The highest BCUT2D eigenvalue weighted by molar-refractivity contribution is 6.15. The summed E-state index contributed by atoms with van der Waals surface area (Å²) in [4.78, 5) is 8.82. The predicted octanol–water partition coefficient (Wildman–Crippen LogP) is 8.41. The van der Waals surface area contributed by atoms with E-state index in [2.05, 4.69) is 64.9 Å². The lowest BCUT2D eigenvalue weighted by atomic mass is 10.0. The number of pyridine rings is 2. The number of rotatable bonds is 1. The lowest BCUT2D eigenvalue weighted by Crippen LogP contribution is -1.86. The van der Waals surface area contributed by atoms with Crippen molar-refractivity contribution in [1.82, 2.24) is 9.97 Å². The van der Waals surface area contributed by atoms with Crippen LogP contribution >= 0.6 is 11.6 Å². The van der Waals surface area contributed by atoms with Gasteiger partial charge in [-0.15, -0.1) is 11.6 Å². The second kappa shape index (κ2) is 10.4. The van der Waals surface area contributed by atoms with E-state index in [4.69, 9.17) is 0 Å². The second-order valence-corrected chi connectivity index (χ2v) is 7.60. The zero-order valence-electron chi connectivity index (χ0n) is 18.6. The number of benzene rings is 4. The van der Waals surface area contributed by atoms with Crippen LogP contribution in [-0.4, -0.2) is 16.4 Å². The van der Waals surface area contributed by atoms with Gasteiger partial charge in [-0.3, -0.25) is 9.97 Å². The first-order valence-corrected chi connectivity index (χ1v) is 11.4. The Hall–Kier alpha value is -3.56. The van der Waals surface area contributed by atoms with Crippen LogP contribution in [0.2, 0.25) is 0 Å². The minimum absolute atomic E-state index is 0.451. The fraction of sp³-hybridized carbons (Fsp3) is 0.103. The molecule has 0 unspecified atom stereocenters. The van der Waals surface area contributed by atoms with E-state index in [9.17, 15) is 4.39 Å². The van der Waals surface area contributed by atoms with Crippen LogP contribution in [-0.2, 0) is 6.67 Å². The predicted molar refractivity (Wildman–Crippen MR) is 140 cm³/mol. The monoisotopic (exact) mass is 454 g/mol. The van der Waals surface area contributed by atoms with Crippen molar-refractivity contribution >= 4 is 55.0 Å². The summed E-state index contributed by atoms with van der Waals surface area (Å²) in [5.41, 5.74) is 3.99. The van der Waals surface area contributed by atoms with Gasteiger partial charge in [0.25, 0.3) is 0 Å². The van der Waals surface area contributed by atoms with Crippen LogP contribution in [0.25, 0.3) is 43.4 Å². The SMILES string of the molecule is CCl.Cc1cccc2ccc3cccnc3c12.FCc1cccc2ccc3cccnc3c12. The van der Waals surface area contributed by atoms with Gasteiger partial charge in [0.2, 0.25) is 0 Å². The molecule has 0 fully saturated rings. The van der Waals surface area contributed by atoms with E-state index in [1.807, 2.05) is 54.7 Å². The molecule has 33 heavy (non-hydrogen) atoms. The minimum Gasteiger partial charge on any atom is -0.256 e. The van der Waals surface area contributed by atoms with Crippen LogP contribution < -0.4 is 0 Å². The van der Waals surface area contributed by atoms with Gasteiger partial charge in [-0.25, -0.2) is 4.39 Å². The second-order valence-electron chi connectivity index (χ2n) is 7.60. The molecule has 0 aliphatic carbocycles. The van der Waals surface area contributed by atoms with Crippen LogP contribution in [0.3, 0.4) is 0 Å². The van der Waals surface area contributed by atoms with Crippen LogP contribution in [0.15, 0.2) is 97.3 Å². The average molecular weight is 455 g/mol. The number of halogens is 2. The number of aromatic nitrogens is 2. The van der Waals surface area contributed by atoms with Gasteiger partial charge < -0.3 is 0 Å². The highest BCUT2D eigenvalue weighted by Gasteiger charge is 2.06. The lowest BCUT2D eigenvalue weighted by molar-refractivity contribution is 0.488. The quantitative estimate of drug-likeness (QED) is 0.184. The summed E-state index contributed by atoms with van der Waals surface area (Å²) in [5, 5.41) is 6.77. The van der Waals surface area contributed by atoms with Gasteiger partial charge in [0.05, 0.1) is 11.0 Å². The first kappa shape index (κ1) is 22.6. The fourth-order valence-electron chi connectivity index (χ4n) is 4.19. The van der Waals surface area contributed by atoms with Crippen LogP contribution in [0, 0.1) is 6.92 Å². The van der Waals surface area contributed by atoms with Gasteiger partial charge in [0.1, 0.15) is 6.67 Å². The Morgan fingerprint density at radius 3 is 1.70 bits per heavy atom. The fourth-order valence-corrected chi connectivity index (χ4v) is 4.19. The molecule has 0 saturated heterocycles. The topological polar surface area (TPSA) is 25.8 Å². The Balaban J connectivity index is 0.000000147. The molecule has 0 bridgehead atoms. The number of fused-ring (bicyclic) bond motifs is 6. The third kappa shape index (κ3) is 4.50. The molecule has 2 nitrogen and oxygen atoms in total. The van der Waals surface area contributed by atoms with E-state index in [0.717, 1.165) is 27.2 Å². The maximum absolute atomic E-state index is 13.0. The minimum atomic E-state index is -0.451. The average Bonchev–Trinajstić information content (AvgIpc) is 2.89. The van der Waals surface area contributed by atoms with Crippen molar-refractivity contribution in [3.63, 3.8) is 0 Å². The molecule has 0 saturated carbocycles. The molecule has 0 atom stereocenters. The molecule has 6 aromatic rings. The number of hydrogen-bond acceptors (Lipinski definition) is 2. The Kier molecular flexibility index (Phi) is 7.11. The van der Waals surface area contributed by atoms with Gasteiger partial charge in [0, 0.05) is 40.3 Å². The van der Waals surface area contributed by atoms with Crippen molar-refractivity contribution in [2.45, 2.75) is 13.6 Å². The Morgan fingerprint density at radius 1 is 0.606 bits per heavy atom. The summed E-state index contributed by atoms with van der Waals surface area (Å²) >= 11 is 4.64. The van der Waals surface area contributed by atoms with Gasteiger partial charge in [-0.05, 0) is 41.0 Å². The van der Waals surface area contributed by atoms with Gasteiger partial charge >= 0.3 is 0 Å². The molecule has 0 spiro atoms. The molecule has 0 radical (unpaired) electrons. The molecule has 0 N–H and O–H groups in total. The number of aryl methyl sites for hydroxylation is 1. The number of nitrogens with zero attached hydrogens (tertiary/aromatic N) is 2. The van der Waals surface area contributed by atoms with E-state index in [1.165, 1.54) is 28.1 Å². The lowest BCUT2D eigenvalue weighted by Gasteiger charge is -2.06. The molecule has 6 rings (SSSR count). The maximum atomic E-state index is 13.0. The number of hydrogen-bond donors (Lipinski definition) is 0. The highest BCUT2D eigenvalue weighted by Crippen LogP contribution is 2.27. The third-order valence-corrected chi connectivity index (χ3v) is 5.67. The molecule has 2 aromatic heterocycles. The molecule has 164 valence electrons. The van der Waals surface area contributed by atoms with Gasteiger partial charge in [-0.2, -0.15) is 0 Å². The molecule has 0 aliphatic rings. The van der Waals surface area contributed by atoms with E-state index < -0.39 is 6.67 Å².